The molecule has 3 aromatic carbocycles. The molecule has 1 aliphatic heterocycles. The summed E-state index contributed by atoms with van der Waals surface area (Å²) >= 11 is 0. The zero-order chi connectivity index (χ0) is 30.1. The summed E-state index contributed by atoms with van der Waals surface area (Å²) in [5.41, 5.74) is -0.458. The van der Waals surface area contributed by atoms with Crippen LogP contribution >= 0.6 is 0 Å². The monoisotopic (exact) mass is 578 g/mol. The molecular weight excluding hydrogens is 552 g/mol. The van der Waals surface area contributed by atoms with Gasteiger partial charge in [0.05, 0.1) is 6.10 Å². The van der Waals surface area contributed by atoms with Crippen LogP contribution in [0.1, 0.15) is 12.5 Å². The number of phenolic OH excluding ortho intramolecular Hbond substituents is 4. The van der Waals surface area contributed by atoms with Gasteiger partial charge in [-0.25, -0.2) is 4.79 Å². The minimum Gasteiger partial charge on any atom is -0.508 e. The van der Waals surface area contributed by atoms with Crippen LogP contribution in [0.25, 0.3) is 28.4 Å². The lowest BCUT2D eigenvalue weighted by Crippen LogP contribution is -2.59. The van der Waals surface area contributed by atoms with Gasteiger partial charge in [0.15, 0.2) is 23.4 Å². The second-order valence-corrected chi connectivity index (χ2v) is 9.59. The topological polar surface area (TPSA) is 196 Å². The molecule has 12 heteroatoms. The molecule has 1 aromatic heterocycles. The van der Waals surface area contributed by atoms with E-state index in [4.69, 9.17) is 18.6 Å². The SMILES string of the molecule is C[C@@H]1O[C@@H](Oc2c(-c3ccc(O)c(O)c3)oc3cc(O)cc(O)c3c2=O)[C@H](OC(=O)/C=C/c2ccccc2)[C@H](O)[C@H]1O. The number of aliphatic hydroxyl groups is 2. The van der Waals surface area contributed by atoms with Crippen LogP contribution in [0.4, 0.5) is 0 Å². The largest absolute Gasteiger partial charge is 0.508 e. The maximum atomic E-state index is 13.7. The van der Waals surface area contributed by atoms with Crippen molar-refractivity contribution < 1.29 is 54.1 Å². The van der Waals surface area contributed by atoms with Gasteiger partial charge in [0, 0.05) is 23.8 Å². The third-order valence-corrected chi connectivity index (χ3v) is 6.64. The van der Waals surface area contributed by atoms with Crippen molar-refractivity contribution in [3.05, 3.63) is 82.5 Å². The van der Waals surface area contributed by atoms with Crippen molar-refractivity contribution in [1.82, 2.24) is 0 Å². The number of benzene rings is 3. The van der Waals surface area contributed by atoms with Gasteiger partial charge in [-0.1, -0.05) is 30.3 Å². The van der Waals surface area contributed by atoms with Gasteiger partial charge >= 0.3 is 5.97 Å². The summed E-state index contributed by atoms with van der Waals surface area (Å²) in [4.78, 5) is 26.4. The molecule has 6 N–H and O–H groups in total. The van der Waals surface area contributed by atoms with Gasteiger partial charge in [-0.2, -0.15) is 0 Å². The van der Waals surface area contributed by atoms with Crippen LogP contribution in [0.15, 0.2) is 76.0 Å². The molecule has 0 radical (unpaired) electrons. The summed E-state index contributed by atoms with van der Waals surface area (Å²) in [5, 5.41) is 61.1. The Balaban J connectivity index is 1.57. The molecule has 218 valence electrons. The second kappa shape index (κ2) is 11.4. The lowest BCUT2D eigenvalue weighted by Gasteiger charge is -2.40. The van der Waals surface area contributed by atoms with E-state index in [2.05, 4.69) is 0 Å². The molecule has 0 spiro atoms. The summed E-state index contributed by atoms with van der Waals surface area (Å²) in [7, 11) is 0. The van der Waals surface area contributed by atoms with E-state index in [1.165, 1.54) is 19.1 Å². The highest BCUT2D eigenvalue weighted by Crippen LogP contribution is 2.39. The molecule has 0 bridgehead atoms. The average molecular weight is 579 g/mol. The number of carbonyl (C=O) groups is 1. The first-order valence-electron chi connectivity index (χ1n) is 12.7. The first-order chi connectivity index (χ1) is 20.0. The Hall–Kier alpha value is -5.04. The Morgan fingerprint density at radius 1 is 0.905 bits per heavy atom. The van der Waals surface area contributed by atoms with Gasteiger partial charge in [-0.15, -0.1) is 0 Å². The Bertz CT molecular complexity index is 1710. The Morgan fingerprint density at radius 3 is 2.36 bits per heavy atom. The van der Waals surface area contributed by atoms with Gasteiger partial charge in [-0.05, 0) is 36.8 Å². The van der Waals surface area contributed by atoms with E-state index in [0.717, 1.165) is 30.3 Å². The third kappa shape index (κ3) is 5.59. The minimum absolute atomic E-state index is 0.0333. The van der Waals surface area contributed by atoms with Crippen molar-refractivity contribution in [3.8, 4) is 40.1 Å². The first-order valence-corrected chi connectivity index (χ1v) is 12.7. The molecule has 0 unspecified atom stereocenters. The minimum atomic E-state index is -1.70. The highest BCUT2D eigenvalue weighted by Gasteiger charge is 2.47. The number of phenols is 4. The van der Waals surface area contributed by atoms with Crippen molar-refractivity contribution in [3.63, 3.8) is 0 Å². The fourth-order valence-electron chi connectivity index (χ4n) is 4.47. The molecule has 0 saturated carbocycles. The zero-order valence-electron chi connectivity index (χ0n) is 21.9. The van der Waals surface area contributed by atoms with Crippen molar-refractivity contribution in [1.29, 1.82) is 0 Å². The number of aromatic hydroxyl groups is 4. The predicted octanol–water partition coefficient (Wildman–Crippen LogP) is 2.75. The number of fused-ring (bicyclic) bond motifs is 1. The van der Waals surface area contributed by atoms with Crippen LogP contribution in [0.2, 0.25) is 0 Å². The van der Waals surface area contributed by atoms with Gasteiger partial charge in [0.2, 0.25) is 17.5 Å². The van der Waals surface area contributed by atoms with Gasteiger partial charge in [0.1, 0.15) is 34.7 Å². The first kappa shape index (κ1) is 28.5. The number of hydrogen-bond donors (Lipinski definition) is 6. The average Bonchev–Trinajstić information content (AvgIpc) is 2.95. The smallest absolute Gasteiger partial charge is 0.331 e. The maximum absolute atomic E-state index is 13.7. The van der Waals surface area contributed by atoms with E-state index in [9.17, 15) is 40.2 Å². The van der Waals surface area contributed by atoms with E-state index >= 15 is 0 Å². The fraction of sp³-hybridized carbons (Fsp3) is 0.200. The highest BCUT2D eigenvalue weighted by atomic mass is 16.7. The van der Waals surface area contributed by atoms with Gasteiger partial charge in [0.25, 0.3) is 0 Å². The van der Waals surface area contributed by atoms with Crippen LogP contribution in [0.3, 0.4) is 0 Å². The number of aliphatic hydroxyl groups excluding tert-OH is 2. The number of hydrogen-bond acceptors (Lipinski definition) is 12. The maximum Gasteiger partial charge on any atom is 0.331 e. The van der Waals surface area contributed by atoms with Crippen molar-refractivity contribution in [2.24, 2.45) is 0 Å². The lowest BCUT2D eigenvalue weighted by molar-refractivity contribution is -0.272. The summed E-state index contributed by atoms with van der Waals surface area (Å²) in [6.07, 6.45) is -4.98. The van der Waals surface area contributed by atoms with Crippen LogP contribution in [0.5, 0.6) is 28.7 Å². The molecule has 5 atom stereocenters. The van der Waals surface area contributed by atoms with Crippen molar-refractivity contribution in [2.45, 2.75) is 37.6 Å². The third-order valence-electron chi connectivity index (χ3n) is 6.64. The van der Waals surface area contributed by atoms with E-state index < -0.39 is 70.9 Å². The zero-order valence-corrected chi connectivity index (χ0v) is 21.9. The molecule has 1 saturated heterocycles. The summed E-state index contributed by atoms with van der Waals surface area (Å²) in [5.74, 6) is -3.88. The van der Waals surface area contributed by atoms with Gasteiger partial charge in [-0.3, -0.25) is 4.79 Å². The molecule has 4 aromatic rings. The van der Waals surface area contributed by atoms with E-state index in [-0.39, 0.29) is 22.3 Å². The van der Waals surface area contributed by atoms with E-state index in [0.29, 0.717) is 5.56 Å². The van der Waals surface area contributed by atoms with Gasteiger partial charge < -0.3 is 49.3 Å². The molecule has 2 heterocycles. The second-order valence-electron chi connectivity index (χ2n) is 9.59. The number of esters is 1. The van der Waals surface area contributed by atoms with E-state index in [1.807, 2.05) is 0 Å². The molecule has 1 aliphatic rings. The number of rotatable bonds is 6. The Morgan fingerprint density at radius 2 is 1.64 bits per heavy atom. The molecular formula is C30H26O12. The number of ether oxygens (including phenoxy) is 3. The van der Waals surface area contributed by atoms with Crippen LogP contribution < -0.4 is 10.2 Å². The van der Waals surface area contributed by atoms with Crippen LogP contribution in [-0.4, -0.2) is 67.3 Å². The predicted molar refractivity (Wildman–Crippen MR) is 147 cm³/mol. The lowest BCUT2D eigenvalue weighted by atomic mass is 9.99. The quantitative estimate of drug-likeness (QED) is 0.111. The molecule has 12 nitrogen and oxygen atoms in total. The molecule has 1 fully saturated rings. The molecule has 0 aliphatic carbocycles. The van der Waals surface area contributed by atoms with Crippen LogP contribution in [0, 0.1) is 0 Å². The normalized spacial score (nSPS) is 22.3. The summed E-state index contributed by atoms with van der Waals surface area (Å²) in [6, 6.07) is 14.3. The molecule has 42 heavy (non-hydrogen) atoms. The fourth-order valence-corrected chi connectivity index (χ4v) is 4.47. The highest BCUT2D eigenvalue weighted by molar-refractivity contribution is 5.89. The standard InChI is InChI=1S/C30H26O12/c1-14-24(36)26(38)29(41-22(35)10-7-15-5-3-2-4-6-15)30(39-14)42-28-25(37)23-20(34)12-17(31)13-21(23)40-27(28)16-8-9-18(32)19(33)11-16/h2-14,24,26,29-34,36,38H,1H3/b10-7+/t14-,24-,26+,29+,30-/m0/s1. The summed E-state index contributed by atoms with van der Waals surface area (Å²) < 4.78 is 22.8. The number of carbonyl (C=O) groups excluding carboxylic acids is 1. The van der Waals surface area contributed by atoms with Crippen molar-refractivity contribution >= 4 is 23.0 Å². The Kier molecular flexibility index (Phi) is 7.77. The molecule has 0 amide bonds. The van der Waals surface area contributed by atoms with Crippen molar-refractivity contribution in [2.75, 3.05) is 0 Å². The van der Waals surface area contributed by atoms with E-state index in [1.54, 1.807) is 30.3 Å². The summed E-state index contributed by atoms with van der Waals surface area (Å²) in [6.45, 7) is 1.42. The molecule has 5 rings (SSSR count). The Labute approximate surface area is 237 Å². The van der Waals surface area contributed by atoms with Crippen LogP contribution in [-0.2, 0) is 14.3 Å².